The number of hydrogen-bond donors (Lipinski definition) is 2. The fraction of sp³-hybridized carbons (Fsp3) is 0.300. The van der Waals surface area contributed by atoms with Crippen molar-refractivity contribution in [1.29, 1.82) is 5.26 Å². The maximum absolute atomic E-state index is 11.0. The number of aromatic nitrogens is 1. The number of amides is 1. The minimum absolute atomic E-state index is 0.0457. The SMILES string of the molecule is N#CCNC(=O)CNCc1ccccn1. The minimum atomic E-state index is -0.188. The van der Waals surface area contributed by atoms with Crippen molar-refractivity contribution in [3.05, 3.63) is 30.1 Å². The highest BCUT2D eigenvalue weighted by molar-refractivity contribution is 5.78. The number of pyridine rings is 1. The van der Waals surface area contributed by atoms with E-state index in [0.29, 0.717) is 6.54 Å². The van der Waals surface area contributed by atoms with Crippen molar-refractivity contribution in [2.45, 2.75) is 6.54 Å². The highest BCUT2D eigenvalue weighted by atomic mass is 16.1. The lowest BCUT2D eigenvalue weighted by Gasteiger charge is -2.03. The molecule has 0 radical (unpaired) electrons. The summed E-state index contributed by atoms with van der Waals surface area (Å²) in [6, 6.07) is 7.43. The number of nitrogens with zero attached hydrogens (tertiary/aromatic N) is 2. The zero-order chi connectivity index (χ0) is 10.9. The predicted octanol–water partition coefficient (Wildman–Crippen LogP) is -0.189. The summed E-state index contributed by atoms with van der Waals surface area (Å²) in [4.78, 5) is 15.1. The Labute approximate surface area is 88.1 Å². The van der Waals surface area contributed by atoms with Gasteiger partial charge in [-0.1, -0.05) is 6.07 Å². The van der Waals surface area contributed by atoms with E-state index >= 15 is 0 Å². The molecule has 1 aromatic heterocycles. The van der Waals surface area contributed by atoms with Crippen molar-refractivity contribution in [2.75, 3.05) is 13.1 Å². The molecular weight excluding hydrogens is 192 g/mol. The number of nitriles is 1. The van der Waals surface area contributed by atoms with Gasteiger partial charge >= 0.3 is 0 Å². The zero-order valence-corrected chi connectivity index (χ0v) is 8.23. The molecule has 1 rings (SSSR count). The van der Waals surface area contributed by atoms with Gasteiger partial charge in [-0.15, -0.1) is 0 Å². The molecule has 2 N–H and O–H groups in total. The van der Waals surface area contributed by atoms with Crippen molar-refractivity contribution in [3.63, 3.8) is 0 Å². The van der Waals surface area contributed by atoms with Gasteiger partial charge in [0, 0.05) is 12.7 Å². The van der Waals surface area contributed by atoms with Crippen molar-refractivity contribution in [1.82, 2.24) is 15.6 Å². The van der Waals surface area contributed by atoms with Crippen LogP contribution >= 0.6 is 0 Å². The molecule has 1 aromatic rings. The van der Waals surface area contributed by atoms with Gasteiger partial charge in [0.1, 0.15) is 6.54 Å². The molecule has 0 aliphatic heterocycles. The van der Waals surface area contributed by atoms with Gasteiger partial charge in [-0.2, -0.15) is 5.26 Å². The second-order valence-corrected chi connectivity index (χ2v) is 2.86. The zero-order valence-electron chi connectivity index (χ0n) is 8.23. The Morgan fingerprint density at radius 3 is 3.07 bits per heavy atom. The van der Waals surface area contributed by atoms with Crippen molar-refractivity contribution < 1.29 is 4.79 Å². The lowest BCUT2D eigenvalue weighted by molar-refractivity contribution is -0.120. The molecule has 0 aliphatic rings. The lowest BCUT2D eigenvalue weighted by Crippen LogP contribution is -2.33. The average Bonchev–Trinajstić information content (AvgIpc) is 2.28. The van der Waals surface area contributed by atoms with E-state index < -0.39 is 0 Å². The van der Waals surface area contributed by atoms with E-state index in [4.69, 9.17) is 5.26 Å². The van der Waals surface area contributed by atoms with Crippen LogP contribution in [0, 0.1) is 11.3 Å². The van der Waals surface area contributed by atoms with Gasteiger partial charge in [-0.3, -0.25) is 9.78 Å². The first kappa shape index (κ1) is 11.1. The van der Waals surface area contributed by atoms with Crippen molar-refractivity contribution in [3.8, 4) is 6.07 Å². The van der Waals surface area contributed by atoms with Gasteiger partial charge in [0.25, 0.3) is 0 Å². The van der Waals surface area contributed by atoms with E-state index in [0.717, 1.165) is 5.69 Å². The van der Waals surface area contributed by atoms with Crippen molar-refractivity contribution >= 4 is 5.91 Å². The van der Waals surface area contributed by atoms with Crippen molar-refractivity contribution in [2.24, 2.45) is 0 Å². The molecule has 0 unspecified atom stereocenters. The molecule has 1 amide bonds. The summed E-state index contributed by atoms with van der Waals surface area (Å²) in [6.07, 6.45) is 1.70. The molecule has 5 heteroatoms. The largest absolute Gasteiger partial charge is 0.342 e. The van der Waals surface area contributed by atoms with Crippen LogP contribution in [0.4, 0.5) is 0 Å². The highest BCUT2D eigenvalue weighted by Gasteiger charge is 1.99. The molecule has 0 bridgehead atoms. The van der Waals surface area contributed by atoms with Gasteiger partial charge in [0.2, 0.25) is 5.91 Å². The third-order valence-electron chi connectivity index (χ3n) is 1.68. The Bertz CT molecular complexity index is 344. The number of carbonyl (C=O) groups excluding carboxylic acids is 1. The third-order valence-corrected chi connectivity index (χ3v) is 1.68. The monoisotopic (exact) mass is 204 g/mol. The predicted molar refractivity (Wildman–Crippen MR) is 54.6 cm³/mol. The quantitative estimate of drug-likeness (QED) is 0.652. The first-order valence-electron chi connectivity index (χ1n) is 4.57. The van der Waals surface area contributed by atoms with Crippen LogP contribution in [0.25, 0.3) is 0 Å². The topological polar surface area (TPSA) is 77.8 Å². The average molecular weight is 204 g/mol. The fourth-order valence-electron chi connectivity index (χ4n) is 1.01. The van der Waals surface area contributed by atoms with E-state index in [-0.39, 0.29) is 19.0 Å². The maximum atomic E-state index is 11.0. The Kier molecular flexibility index (Phi) is 4.84. The standard InChI is InChI=1S/C10H12N4O/c11-4-6-14-10(15)8-12-7-9-3-1-2-5-13-9/h1-3,5,12H,6-8H2,(H,14,15). The number of rotatable bonds is 5. The first-order valence-corrected chi connectivity index (χ1v) is 4.57. The maximum Gasteiger partial charge on any atom is 0.234 e. The van der Waals surface area contributed by atoms with Gasteiger partial charge in [0.15, 0.2) is 0 Å². The molecule has 0 atom stereocenters. The lowest BCUT2D eigenvalue weighted by atomic mass is 10.3. The van der Waals surface area contributed by atoms with E-state index in [1.165, 1.54) is 0 Å². The summed E-state index contributed by atoms with van der Waals surface area (Å²) in [7, 11) is 0. The number of nitrogens with one attached hydrogen (secondary N) is 2. The van der Waals surface area contributed by atoms with Gasteiger partial charge in [0.05, 0.1) is 18.3 Å². The van der Waals surface area contributed by atoms with Gasteiger partial charge in [-0.05, 0) is 12.1 Å². The highest BCUT2D eigenvalue weighted by Crippen LogP contribution is 1.90. The summed E-state index contributed by atoms with van der Waals surface area (Å²) < 4.78 is 0. The Morgan fingerprint density at radius 1 is 1.53 bits per heavy atom. The molecule has 15 heavy (non-hydrogen) atoms. The number of carbonyl (C=O) groups is 1. The molecule has 0 saturated carbocycles. The fourth-order valence-corrected chi connectivity index (χ4v) is 1.01. The van der Waals surface area contributed by atoms with Crippen LogP contribution < -0.4 is 10.6 Å². The number of hydrogen-bond acceptors (Lipinski definition) is 4. The van der Waals surface area contributed by atoms with Crippen LogP contribution in [0.2, 0.25) is 0 Å². The van der Waals surface area contributed by atoms with E-state index in [9.17, 15) is 4.79 Å². The molecular formula is C10H12N4O. The molecule has 1 heterocycles. The van der Waals surface area contributed by atoms with E-state index in [1.54, 1.807) is 6.20 Å². The van der Waals surface area contributed by atoms with Gasteiger partial charge in [-0.25, -0.2) is 0 Å². The van der Waals surface area contributed by atoms with Crippen LogP contribution in [0.15, 0.2) is 24.4 Å². The third kappa shape index (κ3) is 4.74. The molecule has 78 valence electrons. The van der Waals surface area contributed by atoms with Gasteiger partial charge < -0.3 is 10.6 Å². The van der Waals surface area contributed by atoms with Crippen LogP contribution in [-0.2, 0) is 11.3 Å². The van der Waals surface area contributed by atoms with Crippen LogP contribution in [-0.4, -0.2) is 24.0 Å². The minimum Gasteiger partial charge on any atom is -0.342 e. The molecule has 0 aromatic carbocycles. The summed E-state index contributed by atoms with van der Waals surface area (Å²) in [5, 5.41) is 13.6. The molecule has 0 fully saturated rings. The first-order chi connectivity index (χ1) is 7.33. The van der Waals surface area contributed by atoms with E-state index in [1.807, 2.05) is 24.3 Å². The van der Waals surface area contributed by atoms with Crippen LogP contribution in [0.5, 0.6) is 0 Å². The molecule has 0 aliphatic carbocycles. The summed E-state index contributed by atoms with van der Waals surface area (Å²) in [5.41, 5.74) is 0.880. The molecule has 0 saturated heterocycles. The Balaban J connectivity index is 2.17. The smallest absolute Gasteiger partial charge is 0.234 e. The summed E-state index contributed by atoms with van der Waals surface area (Å²) in [5.74, 6) is -0.188. The second-order valence-electron chi connectivity index (χ2n) is 2.86. The Morgan fingerprint density at radius 2 is 2.40 bits per heavy atom. The van der Waals surface area contributed by atoms with Crippen LogP contribution in [0.1, 0.15) is 5.69 Å². The van der Waals surface area contributed by atoms with Crippen LogP contribution in [0.3, 0.4) is 0 Å². The Hall–Kier alpha value is -1.93. The second kappa shape index (κ2) is 6.51. The summed E-state index contributed by atoms with van der Waals surface area (Å²) in [6.45, 7) is 0.781. The van der Waals surface area contributed by atoms with E-state index in [2.05, 4.69) is 15.6 Å². The molecule has 0 spiro atoms. The molecule has 5 nitrogen and oxygen atoms in total. The summed E-state index contributed by atoms with van der Waals surface area (Å²) >= 11 is 0. The normalized spacial score (nSPS) is 9.27.